The molecule has 1 aliphatic rings. The highest BCUT2D eigenvalue weighted by molar-refractivity contribution is 6.30. The third-order valence-corrected chi connectivity index (χ3v) is 3.49. The van der Waals surface area contributed by atoms with Crippen molar-refractivity contribution in [2.45, 2.75) is 6.04 Å². The van der Waals surface area contributed by atoms with Crippen molar-refractivity contribution in [3.8, 4) is 11.4 Å². The number of halogens is 2. The molecule has 110 valence electrons. The fourth-order valence-corrected chi connectivity index (χ4v) is 2.49. The van der Waals surface area contributed by atoms with Gasteiger partial charge >= 0.3 is 0 Å². The highest BCUT2D eigenvalue weighted by Gasteiger charge is 2.17. The van der Waals surface area contributed by atoms with Crippen molar-refractivity contribution in [2.24, 2.45) is 0 Å². The van der Waals surface area contributed by atoms with Crippen LogP contribution in [0.5, 0.6) is 0 Å². The third kappa shape index (κ3) is 3.12. The number of nitrogens with two attached hydrogens (primary N) is 1. The summed E-state index contributed by atoms with van der Waals surface area (Å²) in [5.41, 5.74) is 7.15. The Hall–Kier alpha value is -1.76. The molecule has 0 bridgehead atoms. The molecule has 2 aromatic rings. The van der Waals surface area contributed by atoms with Gasteiger partial charge in [-0.05, 0) is 23.8 Å². The van der Waals surface area contributed by atoms with Crippen molar-refractivity contribution in [1.29, 1.82) is 0 Å². The van der Waals surface area contributed by atoms with Gasteiger partial charge in [-0.1, -0.05) is 11.6 Å². The van der Waals surface area contributed by atoms with E-state index in [0.29, 0.717) is 29.6 Å². The number of morpholine rings is 1. The minimum atomic E-state index is -0.636. The molecule has 1 aliphatic heterocycles. The lowest BCUT2D eigenvalue weighted by Gasteiger charge is -2.24. The monoisotopic (exact) mass is 308 g/mol. The van der Waals surface area contributed by atoms with Gasteiger partial charge in [-0.3, -0.25) is 0 Å². The first-order chi connectivity index (χ1) is 10.1. The van der Waals surface area contributed by atoms with Gasteiger partial charge in [0.15, 0.2) is 17.5 Å². The Morgan fingerprint density at radius 2 is 2.24 bits per heavy atom. The van der Waals surface area contributed by atoms with Gasteiger partial charge in [0, 0.05) is 17.1 Å². The average Bonchev–Trinajstić information content (AvgIpc) is 2.50. The van der Waals surface area contributed by atoms with Crippen molar-refractivity contribution < 1.29 is 9.13 Å². The van der Waals surface area contributed by atoms with E-state index >= 15 is 0 Å². The smallest absolute Gasteiger partial charge is 0.183 e. The van der Waals surface area contributed by atoms with E-state index in [-0.39, 0.29) is 11.9 Å². The highest BCUT2D eigenvalue weighted by Crippen LogP contribution is 2.27. The molecule has 3 N–H and O–H groups in total. The summed E-state index contributed by atoms with van der Waals surface area (Å²) >= 11 is 6.16. The van der Waals surface area contributed by atoms with Crippen LogP contribution in [0, 0.1) is 5.82 Å². The minimum Gasteiger partial charge on any atom is -0.381 e. The number of nitrogens with one attached hydrogen (secondary N) is 1. The lowest BCUT2D eigenvalue weighted by Crippen LogP contribution is -2.34. The summed E-state index contributed by atoms with van der Waals surface area (Å²) in [5, 5.41) is 3.91. The average molecular weight is 309 g/mol. The van der Waals surface area contributed by atoms with Crippen LogP contribution < -0.4 is 11.1 Å². The number of benzene rings is 1. The molecular weight excluding hydrogens is 295 g/mol. The standard InChI is InChI=1S/C14H14ClFN4O/c15-10-4-8(12-7-21-2-1-18-12)3-9(5-10)14-19-6-11(16)13(17)20-14/h3-6,12,18H,1-2,7H2,(H2,17,19,20). The number of hydrogen-bond acceptors (Lipinski definition) is 5. The molecule has 21 heavy (non-hydrogen) atoms. The van der Waals surface area contributed by atoms with Crippen molar-refractivity contribution >= 4 is 17.4 Å². The van der Waals surface area contributed by atoms with E-state index in [1.54, 1.807) is 6.07 Å². The number of hydrogen-bond donors (Lipinski definition) is 2. The summed E-state index contributed by atoms with van der Waals surface area (Å²) in [6.45, 7) is 2.06. The van der Waals surface area contributed by atoms with Gasteiger partial charge in [-0.15, -0.1) is 0 Å². The summed E-state index contributed by atoms with van der Waals surface area (Å²) in [6.07, 6.45) is 1.06. The van der Waals surface area contributed by atoms with E-state index in [0.717, 1.165) is 18.3 Å². The second kappa shape index (κ2) is 5.93. The van der Waals surface area contributed by atoms with Crippen LogP contribution in [-0.4, -0.2) is 29.7 Å². The summed E-state index contributed by atoms with van der Waals surface area (Å²) in [7, 11) is 0. The summed E-state index contributed by atoms with van der Waals surface area (Å²) in [5.74, 6) is -0.474. The summed E-state index contributed by atoms with van der Waals surface area (Å²) in [6, 6.07) is 5.56. The zero-order valence-electron chi connectivity index (χ0n) is 11.1. The molecule has 1 aromatic heterocycles. The van der Waals surface area contributed by atoms with Gasteiger partial charge < -0.3 is 15.8 Å². The molecule has 1 fully saturated rings. The predicted molar refractivity (Wildman–Crippen MR) is 78.4 cm³/mol. The Morgan fingerprint density at radius 3 is 2.95 bits per heavy atom. The zero-order chi connectivity index (χ0) is 14.8. The number of anilines is 1. The second-order valence-electron chi connectivity index (χ2n) is 4.78. The predicted octanol–water partition coefficient (Wildman–Crippen LogP) is 2.18. The Morgan fingerprint density at radius 1 is 1.38 bits per heavy atom. The topological polar surface area (TPSA) is 73.1 Å². The van der Waals surface area contributed by atoms with Crippen LogP contribution in [0.4, 0.5) is 10.2 Å². The number of ether oxygens (including phenoxy) is 1. The summed E-state index contributed by atoms with van der Waals surface area (Å²) in [4.78, 5) is 7.91. The maximum Gasteiger partial charge on any atom is 0.183 e. The maximum atomic E-state index is 13.2. The Bertz CT molecular complexity index is 661. The van der Waals surface area contributed by atoms with Crippen LogP contribution in [-0.2, 0) is 4.74 Å². The number of nitrogens with zero attached hydrogens (tertiary/aromatic N) is 2. The van der Waals surface area contributed by atoms with Crippen molar-refractivity contribution in [3.63, 3.8) is 0 Å². The molecule has 0 amide bonds. The van der Waals surface area contributed by atoms with Gasteiger partial charge in [0.2, 0.25) is 0 Å². The molecule has 0 aliphatic carbocycles. The largest absolute Gasteiger partial charge is 0.381 e. The molecule has 1 aromatic carbocycles. The van der Waals surface area contributed by atoms with Crippen LogP contribution in [0.25, 0.3) is 11.4 Å². The number of nitrogen functional groups attached to an aromatic ring is 1. The normalized spacial score (nSPS) is 18.7. The fraction of sp³-hybridized carbons (Fsp3) is 0.286. The van der Waals surface area contributed by atoms with E-state index in [1.807, 2.05) is 12.1 Å². The zero-order valence-corrected chi connectivity index (χ0v) is 11.9. The molecule has 1 unspecified atom stereocenters. The molecule has 3 rings (SSSR count). The van der Waals surface area contributed by atoms with Crippen molar-refractivity contribution in [3.05, 3.63) is 40.8 Å². The van der Waals surface area contributed by atoms with E-state index in [9.17, 15) is 4.39 Å². The quantitative estimate of drug-likeness (QED) is 0.889. The van der Waals surface area contributed by atoms with E-state index < -0.39 is 5.82 Å². The van der Waals surface area contributed by atoms with Gasteiger partial charge in [0.05, 0.1) is 25.5 Å². The third-order valence-electron chi connectivity index (χ3n) is 3.27. The SMILES string of the molecule is Nc1nc(-c2cc(Cl)cc(C3COCCN3)c2)ncc1F. The molecule has 2 heterocycles. The molecule has 1 atom stereocenters. The minimum absolute atomic E-state index is 0.0639. The van der Waals surface area contributed by atoms with Crippen LogP contribution in [0.2, 0.25) is 5.02 Å². The summed E-state index contributed by atoms with van der Waals surface area (Å²) < 4.78 is 18.6. The molecule has 0 saturated carbocycles. The first kappa shape index (κ1) is 14.2. The first-order valence-corrected chi connectivity index (χ1v) is 6.91. The molecule has 1 saturated heterocycles. The fourth-order valence-electron chi connectivity index (χ4n) is 2.24. The van der Waals surface area contributed by atoms with Crippen LogP contribution in [0.3, 0.4) is 0 Å². The Kier molecular flexibility index (Phi) is 4.01. The first-order valence-electron chi connectivity index (χ1n) is 6.53. The van der Waals surface area contributed by atoms with Gasteiger partial charge in [-0.25, -0.2) is 14.4 Å². The number of rotatable bonds is 2. The van der Waals surface area contributed by atoms with E-state index in [4.69, 9.17) is 22.1 Å². The van der Waals surface area contributed by atoms with Crippen molar-refractivity contribution in [2.75, 3.05) is 25.5 Å². The maximum absolute atomic E-state index is 13.2. The Balaban J connectivity index is 1.98. The molecular formula is C14H14ClFN4O. The van der Waals surface area contributed by atoms with Crippen LogP contribution >= 0.6 is 11.6 Å². The van der Waals surface area contributed by atoms with Gasteiger partial charge in [-0.2, -0.15) is 0 Å². The van der Waals surface area contributed by atoms with E-state index in [2.05, 4.69) is 15.3 Å². The molecule has 0 spiro atoms. The molecule has 5 nitrogen and oxygen atoms in total. The van der Waals surface area contributed by atoms with Crippen LogP contribution in [0.15, 0.2) is 24.4 Å². The lowest BCUT2D eigenvalue weighted by molar-refractivity contribution is 0.0769. The highest BCUT2D eigenvalue weighted by atomic mass is 35.5. The van der Waals surface area contributed by atoms with Gasteiger partial charge in [0.25, 0.3) is 0 Å². The Labute approximate surface area is 126 Å². The van der Waals surface area contributed by atoms with E-state index in [1.165, 1.54) is 0 Å². The van der Waals surface area contributed by atoms with Crippen LogP contribution in [0.1, 0.15) is 11.6 Å². The molecule has 0 radical (unpaired) electrons. The second-order valence-corrected chi connectivity index (χ2v) is 5.22. The number of aromatic nitrogens is 2. The lowest BCUT2D eigenvalue weighted by atomic mass is 10.0. The van der Waals surface area contributed by atoms with Crippen molar-refractivity contribution in [1.82, 2.24) is 15.3 Å². The van der Waals surface area contributed by atoms with Gasteiger partial charge in [0.1, 0.15) is 0 Å². The molecule has 7 heteroatoms.